The molecule has 4 heteroatoms. The van der Waals surface area contributed by atoms with Crippen LogP contribution in [0.3, 0.4) is 0 Å². The Morgan fingerprint density at radius 2 is 1.75 bits per heavy atom. The van der Waals surface area contributed by atoms with E-state index >= 15 is 8.78 Å². The Morgan fingerprint density at radius 1 is 0.969 bits per heavy atom. The first-order chi connectivity index (χ1) is 15.5. The van der Waals surface area contributed by atoms with Gasteiger partial charge in [0.15, 0.2) is 0 Å². The molecule has 0 amide bonds. The normalized spacial score (nSPS) is 29.8. The fourth-order valence-electron chi connectivity index (χ4n) is 6.94. The SMILES string of the molecule is CCCCCCC1CCc2c(cc(F)c(C3CCC4CC(C=C(F)F)CCC4C3)c2F)C1. The minimum Gasteiger partial charge on any atom is -0.207 e. The van der Waals surface area contributed by atoms with Gasteiger partial charge in [-0.3, -0.25) is 0 Å². The zero-order valence-electron chi connectivity index (χ0n) is 19.5. The molecule has 1 aromatic rings. The molecule has 0 spiro atoms. The molecule has 0 radical (unpaired) electrons. The van der Waals surface area contributed by atoms with Crippen molar-refractivity contribution in [1.29, 1.82) is 0 Å². The minimum absolute atomic E-state index is 0.0371. The van der Waals surface area contributed by atoms with Crippen molar-refractivity contribution in [2.24, 2.45) is 23.7 Å². The summed E-state index contributed by atoms with van der Waals surface area (Å²) in [7, 11) is 0. The largest absolute Gasteiger partial charge is 0.266 e. The number of fused-ring (bicyclic) bond motifs is 2. The lowest BCUT2D eigenvalue weighted by atomic mass is 9.63. The lowest BCUT2D eigenvalue weighted by Gasteiger charge is -2.42. The first kappa shape index (κ1) is 23.8. The van der Waals surface area contributed by atoms with Crippen molar-refractivity contribution < 1.29 is 17.6 Å². The van der Waals surface area contributed by atoms with E-state index in [0.29, 0.717) is 23.3 Å². The van der Waals surface area contributed by atoms with Crippen LogP contribution in [0, 0.1) is 35.3 Å². The first-order valence-corrected chi connectivity index (χ1v) is 13.0. The Bertz CT molecular complexity index is 810. The highest BCUT2D eigenvalue weighted by molar-refractivity contribution is 5.39. The van der Waals surface area contributed by atoms with Crippen molar-refractivity contribution in [3.63, 3.8) is 0 Å². The maximum absolute atomic E-state index is 15.6. The van der Waals surface area contributed by atoms with Crippen LogP contribution in [0.15, 0.2) is 18.2 Å². The van der Waals surface area contributed by atoms with Crippen LogP contribution in [0.5, 0.6) is 0 Å². The number of rotatable bonds is 7. The monoisotopic (exact) mass is 450 g/mol. The first-order valence-electron chi connectivity index (χ1n) is 13.0. The Balaban J connectivity index is 1.42. The second-order valence-electron chi connectivity index (χ2n) is 10.7. The van der Waals surface area contributed by atoms with Gasteiger partial charge in [0.05, 0.1) is 0 Å². The molecule has 5 atom stereocenters. The Morgan fingerprint density at radius 3 is 2.53 bits per heavy atom. The average Bonchev–Trinajstić information content (AvgIpc) is 2.76. The van der Waals surface area contributed by atoms with Gasteiger partial charge in [-0.2, -0.15) is 8.78 Å². The Labute approximate surface area is 190 Å². The highest BCUT2D eigenvalue weighted by Gasteiger charge is 2.38. The second-order valence-corrected chi connectivity index (χ2v) is 10.7. The summed E-state index contributed by atoms with van der Waals surface area (Å²) < 4.78 is 56.1. The van der Waals surface area contributed by atoms with E-state index in [-0.39, 0.29) is 23.5 Å². The topological polar surface area (TPSA) is 0 Å². The molecule has 2 saturated carbocycles. The van der Waals surface area contributed by atoms with Crippen molar-refractivity contribution in [2.45, 2.75) is 103 Å². The molecule has 0 nitrogen and oxygen atoms in total. The van der Waals surface area contributed by atoms with Crippen LogP contribution >= 0.6 is 0 Å². The lowest BCUT2D eigenvalue weighted by molar-refractivity contribution is 0.130. The summed E-state index contributed by atoms with van der Waals surface area (Å²) in [6.07, 6.45) is 13.1. The fourth-order valence-corrected chi connectivity index (χ4v) is 6.94. The van der Waals surface area contributed by atoms with E-state index in [9.17, 15) is 8.78 Å². The van der Waals surface area contributed by atoms with Crippen molar-refractivity contribution >= 4 is 0 Å². The average molecular weight is 451 g/mol. The third-order valence-corrected chi connectivity index (χ3v) is 8.65. The predicted molar refractivity (Wildman–Crippen MR) is 122 cm³/mol. The van der Waals surface area contributed by atoms with Gasteiger partial charge in [0.2, 0.25) is 0 Å². The molecule has 0 saturated heterocycles. The zero-order valence-corrected chi connectivity index (χ0v) is 19.5. The Kier molecular flexibility index (Phi) is 8.00. The molecule has 0 bridgehead atoms. The van der Waals surface area contributed by atoms with Crippen LogP contribution in [-0.4, -0.2) is 0 Å². The molecule has 3 aliphatic rings. The smallest absolute Gasteiger partial charge is 0.207 e. The van der Waals surface area contributed by atoms with Gasteiger partial charge in [-0.1, -0.05) is 39.0 Å². The molecule has 4 rings (SSSR count). The summed E-state index contributed by atoms with van der Waals surface area (Å²) >= 11 is 0. The molecule has 0 aromatic heterocycles. The number of hydrogen-bond acceptors (Lipinski definition) is 0. The van der Waals surface area contributed by atoms with Crippen LogP contribution in [0.4, 0.5) is 17.6 Å². The van der Waals surface area contributed by atoms with Gasteiger partial charge >= 0.3 is 0 Å². The molecule has 3 aliphatic carbocycles. The van der Waals surface area contributed by atoms with Crippen LogP contribution in [0.2, 0.25) is 0 Å². The van der Waals surface area contributed by atoms with Crippen molar-refractivity contribution in [1.82, 2.24) is 0 Å². The third kappa shape index (κ3) is 5.42. The van der Waals surface area contributed by atoms with Crippen LogP contribution in [0.1, 0.15) is 107 Å². The molecule has 178 valence electrons. The molecule has 2 fully saturated rings. The van der Waals surface area contributed by atoms with Gasteiger partial charge in [0.1, 0.15) is 11.6 Å². The fraction of sp³-hybridized carbons (Fsp3) is 0.714. The Hall–Kier alpha value is -1.32. The van der Waals surface area contributed by atoms with Crippen LogP contribution in [-0.2, 0) is 12.8 Å². The van der Waals surface area contributed by atoms with Crippen molar-refractivity contribution in [3.05, 3.63) is 46.5 Å². The summed E-state index contributed by atoms with van der Waals surface area (Å²) in [5.74, 6) is 0.638. The van der Waals surface area contributed by atoms with Crippen molar-refractivity contribution in [2.75, 3.05) is 0 Å². The molecular weight excluding hydrogens is 412 g/mol. The van der Waals surface area contributed by atoms with Gasteiger partial charge < -0.3 is 0 Å². The lowest BCUT2D eigenvalue weighted by Crippen LogP contribution is -2.31. The molecule has 0 aliphatic heterocycles. The van der Waals surface area contributed by atoms with E-state index < -0.39 is 6.08 Å². The van der Waals surface area contributed by atoms with E-state index in [1.165, 1.54) is 32.1 Å². The van der Waals surface area contributed by atoms with Crippen LogP contribution < -0.4 is 0 Å². The number of hydrogen-bond donors (Lipinski definition) is 0. The number of allylic oxidation sites excluding steroid dienone is 1. The van der Waals surface area contributed by atoms with Crippen molar-refractivity contribution in [3.8, 4) is 0 Å². The summed E-state index contributed by atoms with van der Waals surface area (Å²) in [6, 6.07) is 1.64. The summed E-state index contributed by atoms with van der Waals surface area (Å²) in [5, 5.41) is 0. The zero-order chi connectivity index (χ0) is 22.7. The molecule has 5 unspecified atom stereocenters. The summed E-state index contributed by atoms with van der Waals surface area (Å²) in [6.45, 7) is 2.21. The summed E-state index contributed by atoms with van der Waals surface area (Å²) in [5.41, 5.74) is 1.98. The second kappa shape index (κ2) is 10.7. The minimum atomic E-state index is -1.58. The quantitative estimate of drug-likeness (QED) is 0.287. The van der Waals surface area contributed by atoms with E-state index in [1.807, 2.05) is 0 Å². The van der Waals surface area contributed by atoms with Gasteiger partial charge in [0.25, 0.3) is 6.08 Å². The number of halogens is 4. The van der Waals surface area contributed by atoms with Gasteiger partial charge in [-0.25, -0.2) is 8.78 Å². The molecule has 32 heavy (non-hydrogen) atoms. The number of unbranched alkanes of at least 4 members (excludes halogenated alkanes) is 3. The van der Waals surface area contributed by atoms with Gasteiger partial charge in [-0.05, 0) is 111 Å². The summed E-state index contributed by atoms with van der Waals surface area (Å²) in [4.78, 5) is 0. The predicted octanol–water partition coefficient (Wildman–Crippen LogP) is 9.12. The highest BCUT2D eigenvalue weighted by Crippen LogP contribution is 2.49. The van der Waals surface area contributed by atoms with E-state index in [4.69, 9.17) is 0 Å². The number of benzene rings is 1. The maximum Gasteiger partial charge on any atom is 0.266 e. The van der Waals surface area contributed by atoms with Gasteiger partial charge in [0, 0.05) is 5.56 Å². The maximum atomic E-state index is 15.6. The molecule has 1 aromatic carbocycles. The molecule has 0 N–H and O–H groups in total. The van der Waals surface area contributed by atoms with Crippen LogP contribution in [0.25, 0.3) is 0 Å². The van der Waals surface area contributed by atoms with Gasteiger partial charge in [-0.15, -0.1) is 0 Å². The van der Waals surface area contributed by atoms with E-state index in [2.05, 4.69) is 6.92 Å². The molecular formula is C28H38F4. The molecule has 0 heterocycles. The third-order valence-electron chi connectivity index (χ3n) is 8.65. The highest BCUT2D eigenvalue weighted by atomic mass is 19.3. The standard InChI is InChI=1S/C28H38F4/c1-2-3-4-5-6-18-8-12-24-23(13-18)17-25(29)27(28(24)32)22-11-10-20-14-19(15-26(30)31)7-9-21(20)16-22/h15,17-22H,2-14,16H2,1H3. The van der Waals surface area contributed by atoms with E-state index in [0.717, 1.165) is 75.0 Å². The van der Waals surface area contributed by atoms with E-state index in [1.54, 1.807) is 6.07 Å².